The molecule has 0 aliphatic rings. The van der Waals surface area contributed by atoms with Gasteiger partial charge in [0.25, 0.3) is 5.91 Å². The first kappa shape index (κ1) is 17.2. The van der Waals surface area contributed by atoms with Crippen molar-refractivity contribution < 1.29 is 9.18 Å². The fraction of sp³-hybridized carbons (Fsp3) is 0.0952. The van der Waals surface area contributed by atoms with Crippen LogP contribution < -0.4 is 5.32 Å². The third kappa shape index (κ3) is 4.06. The van der Waals surface area contributed by atoms with Crippen molar-refractivity contribution in [3.63, 3.8) is 0 Å². The minimum atomic E-state index is -0.624. The van der Waals surface area contributed by atoms with E-state index in [4.69, 9.17) is 11.6 Å². The third-order valence-electron chi connectivity index (χ3n) is 4.06. The summed E-state index contributed by atoms with van der Waals surface area (Å²) in [5.74, 6) is -1.17. The Kier molecular flexibility index (Phi) is 5.46. The molecule has 0 aliphatic carbocycles. The van der Waals surface area contributed by atoms with Gasteiger partial charge in [-0.2, -0.15) is 0 Å². The van der Waals surface area contributed by atoms with Crippen LogP contribution in [0.2, 0.25) is 5.02 Å². The highest BCUT2D eigenvalue weighted by molar-refractivity contribution is 6.33. The van der Waals surface area contributed by atoms with Crippen LogP contribution in [-0.4, -0.2) is 12.5 Å². The van der Waals surface area contributed by atoms with Gasteiger partial charge >= 0.3 is 0 Å². The first-order valence-corrected chi connectivity index (χ1v) is 8.36. The van der Waals surface area contributed by atoms with E-state index >= 15 is 0 Å². The fourth-order valence-corrected chi connectivity index (χ4v) is 3.05. The molecule has 0 aromatic heterocycles. The monoisotopic (exact) mass is 353 g/mol. The first-order valence-electron chi connectivity index (χ1n) is 7.99. The van der Waals surface area contributed by atoms with E-state index in [0.29, 0.717) is 6.54 Å². The number of carbonyl (C=O) groups excluding carboxylic acids is 1. The molecule has 0 radical (unpaired) electrons. The number of benzene rings is 3. The Bertz CT molecular complexity index is 793. The van der Waals surface area contributed by atoms with E-state index < -0.39 is 11.7 Å². The van der Waals surface area contributed by atoms with E-state index in [0.717, 1.165) is 11.1 Å². The van der Waals surface area contributed by atoms with Gasteiger partial charge in [0.2, 0.25) is 0 Å². The van der Waals surface area contributed by atoms with Crippen molar-refractivity contribution in [2.24, 2.45) is 0 Å². The van der Waals surface area contributed by atoms with Gasteiger partial charge < -0.3 is 5.32 Å². The molecule has 0 saturated heterocycles. The van der Waals surface area contributed by atoms with E-state index in [1.807, 2.05) is 60.7 Å². The molecule has 0 aliphatic heterocycles. The standard InChI is InChI=1S/C21H17ClFNO/c22-18-12-7-13-19(23)20(18)21(25)24-14-17(15-8-3-1-4-9-15)16-10-5-2-6-11-16/h1-13,17H,14H2,(H,24,25). The average molecular weight is 354 g/mol. The highest BCUT2D eigenvalue weighted by atomic mass is 35.5. The molecule has 0 unspecified atom stereocenters. The summed E-state index contributed by atoms with van der Waals surface area (Å²) >= 11 is 5.97. The molecule has 0 bridgehead atoms. The van der Waals surface area contributed by atoms with E-state index in [9.17, 15) is 9.18 Å². The van der Waals surface area contributed by atoms with Gasteiger partial charge in [-0.25, -0.2) is 4.39 Å². The van der Waals surface area contributed by atoms with Gasteiger partial charge in [0.05, 0.1) is 10.6 Å². The summed E-state index contributed by atoms with van der Waals surface area (Å²) in [6, 6.07) is 24.0. The lowest BCUT2D eigenvalue weighted by atomic mass is 9.91. The van der Waals surface area contributed by atoms with Crippen molar-refractivity contribution >= 4 is 17.5 Å². The SMILES string of the molecule is O=C(NCC(c1ccccc1)c1ccccc1)c1c(F)cccc1Cl. The molecule has 0 atom stereocenters. The molecule has 3 aromatic carbocycles. The predicted octanol–water partition coefficient (Wildman–Crippen LogP) is 5.04. The third-order valence-corrected chi connectivity index (χ3v) is 4.38. The summed E-state index contributed by atoms with van der Waals surface area (Å²) < 4.78 is 13.9. The highest BCUT2D eigenvalue weighted by Crippen LogP contribution is 2.24. The van der Waals surface area contributed by atoms with Gasteiger partial charge in [-0.1, -0.05) is 78.3 Å². The second-order valence-corrected chi connectivity index (χ2v) is 6.09. The topological polar surface area (TPSA) is 29.1 Å². The van der Waals surface area contributed by atoms with Crippen LogP contribution in [0, 0.1) is 5.82 Å². The zero-order valence-electron chi connectivity index (χ0n) is 13.5. The Morgan fingerprint density at radius 2 is 1.44 bits per heavy atom. The van der Waals surface area contributed by atoms with Gasteiger partial charge in [-0.15, -0.1) is 0 Å². The van der Waals surface area contributed by atoms with E-state index in [-0.39, 0.29) is 16.5 Å². The molecule has 4 heteroatoms. The molecule has 0 heterocycles. The van der Waals surface area contributed by atoms with E-state index in [2.05, 4.69) is 5.32 Å². The summed E-state index contributed by atoms with van der Waals surface area (Å²) in [6.45, 7) is 0.345. The second kappa shape index (κ2) is 7.95. The van der Waals surface area contributed by atoms with Crippen LogP contribution in [-0.2, 0) is 0 Å². The minimum Gasteiger partial charge on any atom is -0.351 e. The van der Waals surface area contributed by atoms with E-state index in [1.54, 1.807) is 0 Å². The molecule has 1 N–H and O–H groups in total. The Morgan fingerprint density at radius 1 is 0.880 bits per heavy atom. The van der Waals surface area contributed by atoms with E-state index in [1.165, 1.54) is 18.2 Å². The fourth-order valence-electron chi connectivity index (χ4n) is 2.80. The normalized spacial score (nSPS) is 10.7. The van der Waals surface area contributed by atoms with Gasteiger partial charge in [0.1, 0.15) is 5.82 Å². The zero-order chi connectivity index (χ0) is 17.6. The number of hydrogen-bond donors (Lipinski definition) is 1. The number of rotatable bonds is 5. The van der Waals surface area contributed by atoms with Crippen LogP contribution in [0.1, 0.15) is 27.4 Å². The molecule has 3 rings (SSSR count). The van der Waals surface area contributed by atoms with Crippen molar-refractivity contribution in [1.82, 2.24) is 5.32 Å². The Hall–Kier alpha value is -2.65. The summed E-state index contributed by atoms with van der Waals surface area (Å²) in [5.41, 5.74) is 2.03. The first-order chi connectivity index (χ1) is 12.2. The number of halogens is 2. The maximum absolute atomic E-state index is 13.9. The quantitative estimate of drug-likeness (QED) is 0.684. The molecular weight excluding hydrogens is 337 g/mol. The molecule has 0 saturated carbocycles. The van der Waals surface area contributed by atoms with Gasteiger partial charge in [0.15, 0.2) is 0 Å². The van der Waals surface area contributed by atoms with Crippen LogP contribution in [0.3, 0.4) is 0 Å². The van der Waals surface area contributed by atoms with Crippen molar-refractivity contribution in [1.29, 1.82) is 0 Å². The number of hydrogen-bond acceptors (Lipinski definition) is 1. The minimum absolute atomic E-state index is 0.0306. The van der Waals surface area contributed by atoms with Crippen LogP contribution >= 0.6 is 11.6 Å². The summed E-state index contributed by atoms with van der Waals surface area (Å²) in [7, 11) is 0. The molecule has 0 spiro atoms. The maximum Gasteiger partial charge on any atom is 0.255 e. The van der Waals surface area contributed by atoms with Crippen LogP contribution in [0.25, 0.3) is 0 Å². The molecule has 126 valence electrons. The smallest absolute Gasteiger partial charge is 0.255 e. The lowest BCUT2D eigenvalue weighted by molar-refractivity contribution is 0.0948. The predicted molar refractivity (Wildman–Crippen MR) is 98.5 cm³/mol. The molecule has 0 fully saturated rings. The highest BCUT2D eigenvalue weighted by Gasteiger charge is 2.19. The van der Waals surface area contributed by atoms with Gasteiger partial charge in [-0.05, 0) is 23.3 Å². The van der Waals surface area contributed by atoms with Crippen molar-refractivity contribution in [3.05, 3.63) is 106 Å². The Labute approximate surface area is 151 Å². The lowest BCUT2D eigenvalue weighted by Gasteiger charge is -2.19. The van der Waals surface area contributed by atoms with Crippen LogP contribution in [0.15, 0.2) is 78.9 Å². The summed E-state index contributed by atoms with van der Waals surface area (Å²) in [4.78, 5) is 12.4. The van der Waals surface area contributed by atoms with Gasteiger partial charge in [-0.3, -0.25) is 4.79 Å². The Morgan fingerprint density at radius 3 is 1.96 bits per heavy atom. The average Bonchev–Trinajstić information content (AvgIpc) is 2.63. The molecular formula is C21H17ClFNO. The molecule has 1 amide bonds. The van der Waals surface area contributed by atoms with Crippen LogP contribution in [0.4, 0.5) is 4.39 Å². The maximum atomic E-state index is 13.9. The molecule has 2 nitrogen and oxygen atoms in total. The number of amides is 1. The van der Waals surface area contributed by atoms with Crippen molar-refractivity contribution in [2.75, 3.05) is 6.54 Å². The largest absolute Gasteiger partial charge is 0.351 e. The van der Waals surface area contributed by atoms with Crippen LogP contribution in [0.5, 0.6) is 0 Å². The van der Waals surface area contributed by atoms with Gasteiger partial charge in [0, 0.05) is 12.5 Å². The number of carbonyl (C=O) groups is 1. The summed E-state index contributed by atoms with van der Waals surface area (Å²) in [6.07, 6.45) is 0. The summed E-state index contributed by atoms with van der Waals surface area (Å²) in [5, 5.41) is 2.92. The lowest BCUT2D eigenvalue weighted by Crippen LogP contribution is -2.29. The molecule has 25 heavy (non-hydrogen) atoms. The Balaban J connectivity index is 1.83. The number of nitrogens with one attached hydrogen (secondary N) is 1. The second-order valence-electron chi connectivity index (χ2n) is 5.68. The van der Waals surface area contributed by atoms with Crippen molar-refractivity contribution in [2.45, 2.75) is 5.92 Å². The van der Waals surface area contributed by atoms with Crippen molar-refractivity contribution in [3.8, 4) is 0 Å². The zero-order valence-corrected chi connectivity index (χ0v) is 14.2. The molecule has 3 aromatic rings.